The Morgan fingerprint density at radius 3 is 2.19 bits per heavy atom. The number of ether oxygens (including phenoxy) is 2. The zero-order valence-electron chi connectivity index (χ0n) is 23.3. The number of hydrogen-bond acceptors (Lipinski definition) is 8. The molecule has 1 aliphatic carbocycles. The number of methoxy groups -OCH3 is 1. The van der Waals surface area contributed by atoms with Gasteiger partial charge in [0.1, 0.15) is 29.3 Å². The van der Waals surface area contributed by atoms with E-state index in [0.717, 1.165) is 0 Å². The van der Waals surface area contributed by atoms with Gasteiger partial charge in [0.05, 0.1) is 7.11 Å². The molecule has 1 heterocycles. The van der Waals surface area contributed by atoms with Gasteiger partial charge in [0.2, 0.25) is 17.7 Å². The van der Waals surface area contributed by atoms with Crippen molar-refractivity contribution in [3.8, 4) is 0 Å². The molecule has 12 nitrogen and oxygen atoms in total. The van der Waals surface area contributed by atoms with Gasteiger partial charge in [-0.25, -0.2) is 9.59 Å². The Bertz CT molecular complexity index is 879. The van der Waals surface area contributed by atoms with E-state index in [-0.39, 0.29) is 12.5 Å². The predicted molar refractivity (Wildman–Crippen MR) is 135 cm³/mol. The second-order valence-corrected chi connectivity index (χ2v) is 11.4. The van der Waals surface area contributed by atoms with Gasteiger partial charge in [0, 0.05) is 13.1 Å². The van der Waals surface area contributed by atoms with Crippen LogP contribution in [0.5, 0.6) is 0 Å². The van der Waals surface area contributed by atoms with E-state index in [9.17, 15) is 24.0 Å². The molecule has 37 heavy (non-hydrogen) atoms. The SMILES string of the molecule is COC(=O)[C@@H](NC(=O)C1(NC(=O)[C@H]2CCCN2C(=O)[C@H](CN(C)C)NC(=O)OC(C)(C)C)CC1)C(C)C. The molecule has 2 fully saturated rings. The van der Waals surface area contributed by atoms with Gasteiger partial charge in [0.25, 0.3) is 0 Å². The first kappa shape index (κ1) is 30.3. The maximum absolute atomic E-state index is 13.5. The van der Waals surface area contributed by atoms with Crippen LogP contribution in [0.15, 0.2) is 0 Å². The average Bonchev–Trinajstić information content (AvgIpc) is 3.38. The first-order chi connectivity index (χ1) is 17.1. The summed E-state index contributed by atoms with van der Waals surface area (Å²) < 4.78 is 10.1. The number of esters is 1. The molecule has 0 aromatic heterocycles. The van der Waals surface area contributed by atoms with Crippen LogP contribution in [0.1, 0.15) is 60.3 Å². The van der Waals surface area contributed by atoms with E-state index in [2.05, 4.69) is 16.0 Å². The fraction of sp³-hybridized carbons (Fsp3) is 0.800. The third-order valence-electron chi connectivity index (χ3n) is 6.33. The molecule has 0 spiro atoms. The van der Waals surface area contributed by atoms with Crippen molar-refractivity contribution in [3.63, 3.8) is 0 Å². The molecule has 0 radical (unpaired) electrons. The molecule has 3 N–H and O–H groups in total. The molecule has 1 saturated carbocycles. The summed E-state index contributed by atoms with van der Waals surface area (Å²) in [7, 11) is 4.81. The number of amides is 4. The number of likely N-dealkylation sites (tertiary alicyclic amines) is 1. The van der Waals surface area contributed by atoms with Crippen molar-refractivity contribution in [2.24, 2.45) is 5.92 Å². The van der Waals surface area contributed by atoms with Crippen LogP contribution in [0.4, 0.5) is 4.79 Å². The minimum absolute atomic E-state index is 0.197. The average molecular weight is 526 g/mol. The van der Waals surface area contributed by atoms with Crippen molar-refractivity contribution in [2.75, 3.05) is 34.3 Å². The molecule has 12 heteroatoms. The van der Waals surface area contributed by atoms with E-state index >= 15 is 0 Å². The van der Waals surface area contributed by atoms with Crippen molar-refractivity contribution >= 4 is 29.8 Å². The number of rotatable bonds is 10. The predicted octanol–water partition coefficient (Wildman–Crippen LogP) is 0.395. The second-order valence-electron chi connectivity index (χ2n) is 11.4. The van der Waals surface area contributed by atoms with Crippen LogP contribution >= 0.6 is 0 Å². The Morgan fingerprint density at radius 1 is 1.08 bits per heavy atom. The van der Waals surface area contributed by atoms with Gasteiger partial charge in [-0.1, -0.05) is 13.8 Å². The first-order valence-corrected chi connectivity index (χ1v) is 12.8. The highest BCUT2D eigenvalue weighted by Crippen LogP contribution is 2.36. The Hall–Kier alpha value is -2.89. The third-order valence-corrected chi connectivity index (χ3v) is 6.33. The number of hydrogen-bond donors (Lipinski definition) is 3. The van der Waals surface area contributed by atoms with Gasteiger partial charge in [-0.2, -0.15) is 0 Å². The summed E-state index contributed by atoms with van der Waals surface area (Å²) >= 11 is 0. The van der Waals surface area contributed by atoms with Crippen LogP contribution in [0.2, 0.25) is 0 Å². The van der Waals surface area contributed by atoms with Crippen LogP contribution in [-0.4, -0.2) is 103 Å². The van der Waals surface area contributed by atoms with Gasteiger partial charge in [-0.3, -0.25) is 14.4 Å². The smallest absolute Gasteiger partial charge is 0.408 e. The van der Waals surface area contributed by atoms with E-state index in [1.165, 1.54) is 12.0 Å². The Labute approximate surface area is 219 Å². The van der Waals surface area contributed by atoms with E-state index < -0.39 is 59.0 Å². The molecular weight excluding hydrogens is 482 g/mol. The number of nitrogens with zero attached hydrogens (tertiary/aromatic N) is 2. The molecule has 2 rings (SSSR count). The molecule has 4 amide bonds. The summed E-state index contributed by atoms with van der Waals surface area (Å²) in [5.74, 6) is -2.02. The highest BCUT2D eigenvalue weighted by Gasteiger charge is 2.53. The monoisotopic (exact) mass is 525 g/mol. The van der Waals surface area contributed by atoms with Gasteiger partial charge < -0.3 is 35.2 Å². The van der Waals surface area contributed by atoms with E-state index in [1.807, 2.05) is 0 Å². The Morgan fingerprint density at radius 2 is 1.70 bits per heavy atom. The van der Waals surface area contributed by atoms with E-state index in [0.29, 0.717) is 32.2 Å². The van der Waals surface area contributed by atoms with Crippen molar-refractivity contribution in [3.05, 3.63) is 0 Å². The molecule has 0 bridgehead atoms. The maximum Gasteiger partial charge on any atom is 0.408 e. The van der Waals surface area contributed by atoms with Crippen molar-refractivity contribution in [2.45, 2.75) is 89.6 Å². The van der Waals surface area contributed by atoms with Crippen molar-refractivity contribution in [1.82, 2.24) is 25.8 Å². The lowest BCUT2D eigenvalue weighted by Gasteiger charge is -2.31. The lowest BCUT2D eigenvalue weighted by Crippen LogP contribution is -2.60. The lowest BCUT2D eigenvalue weighted by atomic mass is 10.0. The molecule has 0 unspecified atom stereocenters. The normalized spacial score (nSPS) is 20.2. The summed E-state index contributed by atoms with van der Waals surface area (Å²) in [6.45, 7) is 9.35. The zero-order chi connectivity index (χ0) is 28.1. The molecule has 0 aromatic rings. The second kappa shape index (κ2) is 12.1. The molecule has 3 atom stereocenters. The van der Waals surface area contributed by atoms with E-state index in [4.69, 9.17) is 9.47 Å². The van der Waals surface area contributed by atoms with Crippen LogP contribution in [0.3, 0.4) is 0 Å². The highest BCUT2D eigenvalue weighted by molar-refractivity contribution is 5.98. The van der Waals surface area contributed by atoms with Crippen LogP contribution in [0, 0.1) is 5.92 Å². The van der Waals surface area contributed by atoms with Gasteiger partial charge in [-0.15, -0.1) is 0 Å². The summed E-state index contributed by atoms with van der Waals surface area (Å²) in [6, 6.07) is -2.52. The van der Waals surface area contributed by atoms with Crippen molar-refractivity contribution < 1.29 is 33.4 Å². The molecular formula is C25H43N5O7. The van der Waals surface area contributed by atoms with Crippen LogP contribution in [-0.2, 0) is 28.7 Å². The van der Waals surface area contributed by atoms with Crippen LogP contribution in [0.25, 0.3) is 0 Å². The topological polar surface area (TPSA) is 146 Å². The Kier molecular flexibility index (Phi) is 9.92. The first-order valence-electron chi connectivity index (χ1n) is 12.8. The fourth-order valence-corrected chi connectivity index (χ4v) is 4.26. The number of carbonyl (C=O) groups is 5. The van der Waals surface area contributed by atoms with Crippen LogP contribution < -0.4 is 16.0 Å². The largest absolute Gasteiger partial charge is 0.467 e. The number of nitrogens with one attached hydrogen (secondary N) is 3. The zero-order valence-corrected chi connectivity index (χ0v) is 23.3. The summed E-state index contributed by atoms with van der Waals surface area (Å²) in [4.78, 5) is 67.4. The van der Waals surface area contributed by atoms with Gasteiger partial charge >= 0.3 is 12.1 Å². The standard InChI is InChI=1S/C25H43N5O7/c1-15(2)18(21(33)36-8)27-22(34)25(11-12-25)28-19(31)17-10-9-13-30(17)20(32)16(14-29(6)7)26-23(35)37-24(3,4)5/h15-18H,9-14H2,1-8H3,(H,26,35)(H,27,34)(H,28,31)/t16-,17+,18-/m0/s1. The van der Waals surface area contributed by atoms with Gasteiger partial charge in [-0.05, 0) is 66.5 Å². The Balaban J connectivity index is 2.10. The minimum Gasteiger partial charge on any atom is -0.467 e. The maximum atomic E-state index is 13.5. The highest BCUT2D eigenvalue weighted by atomic mass is 16.6. The van der Waals surface area contributed by atoms with E-state index in [1.54, 1.807) is 53.6 Å². The minimum atomic E-state index is -1.12. The number of likely N-dealkylation sites (N-methyl/N-ethyl adjacent to an activating group) is 1. The van der Waals surface area contributed by atoms with Gasteiger partial charge in [0.15, 0.2) is 0 Å². The fourth-order valence-electron chi connectivity index (χ4n) is 4.26. The number of carbonyl (C=O) groups excluding carboxylic acids is 5. The lowest BCUT2D eigenvalue weighted by molar-refractivity contribution is -0.147. The molecule has 1 aliphatic heterocycles. The summed E-state index contributed by atoms with van der Waals surface area (Å²) in [5, 5.41) is 8.17. The third kappa shape index (κ3) is 8.31. The quantitative estimate of drug-likeness (QED) is 0.347. The summed E-state index contributed by atoms with van der Waals surface area (Å²) in [5.41, 5.74) is -1.85. The number of alkyl carbamates (subject to hydrolysis) is 1. The summed E-state index contributed by atoms with van der Waals surface area (Å²) in [6.07, 6.45) is 1.20. The molecule has 1 saturated heterocycles. The van der Waals surface area contributed by atoms with Crippen molar-refractivity contribution in [1.29, 1.82) is 0 Å². The molecule has 210 valence electrons. The molecule has 2 aliphatic rings. The molecule has 0 aromatic carbocycles.